The summed E-state index contributed by atoms with van der Waals surface area (Å²) in [7, 11) is 0. The molecule has 12 heavy (non-hydrogen) atoms. The number of rotatable bonds is 4. The Hall–Kier alpha value is -0.790. The summed E-state index contributed by atoms with van der Waals surface area (Å²) in [5, 5.41) is 4.00. The molecule has 0 aliphatic carbocycles. The number of oxime groups is 1. The number of hydrogen-bond acceptors (Lipinski definition) is 2. The van der Waals surface area contributed by atoms with Crippen molar-refractivity contribution in [3.63, 3.8) is 0 Å². The molecule has 1 atom stereocenters. The standard InChI is InChI=1S/C10H17NO/c1-4-6-10(7-5-2)8-9(3)11-12-10/h4H,1,5-8H2,2-3H3. The van der Waals surface area contributed by atoms with Crippen molar-refractivity contribution in [2.75, 3.05) is 0 Å². The van der Waals surface area contributed by atoms with E-state index in [4.69, 9.17) is 4.84 Å². The van der Waals surface area contributed by atoms with Gasteiger partial charge in [0.05, 0.1) is 5.71 Å². The lowest BCUT2D eigenvalue weighted by molar-refractivity contribution is -0.0231. The highest BCUT2D eigenvalue weighted by atomic mass is 16.7. The van der Waals surface area contributed by atoms with Gasteiger partial charge in [0.25, 0.3) is 0 Å². The first-order chi connectivity index (χ1) is 5.72. The Bertz CT molecular complexity index is 198. The van der Waals surface area contributed by atoms with Gasteiger partial charge in [0.1, 0.15) is 5.60 Å². The van der Waals surface area contributed by atoms with Crippen molar-refractivity contribution in [2.24, 2.45) is 5.16 Å². The lowest BCUT2D eigenvalue weighted by atomic mass is 9.89. The van der Waals surface area contributed by atoms with Gasteiger partial charge >= 0.3 is 0 Å². The normalized spacial score (nSPS) is 28.0. The minimum atomic E-state index is -0.0550. The molecule has 1 aliphatic heterocycles. The summed E-state index contributed by atoms with van der Waals surface area (Å²) in [5.74, 6) is 0. The summed E-state index contributed by atoms with van der Waals surface area (Å²) < 4.78 is 0. The topological polar surface area (TPSA) is 21.6 Å². The van der Waals surface area contributed by atoms with Crippen molar-refractivity contribution in [3.05, 3.63) is 12.7 Å². The molecule has 0 fully saturated rings. The van der Waals surface area contributed by atoms with Crippen LogP contribution in [0, 0.1) is 0 Å². The Balaban J connectivity index is 2.57. The molecule has 1 heterocycles. The highest BCUT2D eigenvalue weighted by Crippen LogP contribution is 2.32. The number of hydrogen-bond donors (Lipinski definition) is 0. The van der Waals surface area contributed by atoms with Crippen molar-refractivity contribution in [2.45, 2.75) is 45.1 Å². The van der Waals surface area contributed by atoms with Crippen molar-refractivity contribution in [1.29, 1.82) is 0 Å². The monoisotopic (exact) mass is 167 g/mol. The van der Waals surface area contributed by atoms with Gasteiger partial charge in [-0.25, -0.2) is 0 Å². The average molecular weight is 167 g/mol. The fourth-order valence-corrected chi connectivity index (χ4v) is 1.77. The lowest BCUT2D eigenvalue weighted by Crippen LogP contribution is -2.27. The van der Waals surface area contributed by atoms with E-state index < -0.39 is 0 Å². The molecule has 2 nitrogen and oxygen atoms in total. The van der Waals surface area contributed by atoms with Crippen LogP contribution in [0.5, 0.6) is 0 Å². The number of nitrogens with zero attached hydrogens (tertiary/aromatic N) is 1. The highest BCUT2D eigenvalue weighted by molar-refractivity contribution is 5.83. The average Bonchev–Trinajstić information content (AvgIpc) is 2.34. The molecule has 68 valence electrons. The summed E-state index contributed by atoms with van der Waals surface area (Å²) in [6.45, 7) is 7.93. The predicted octanol–water partition coefficient (Wildman–Crippen LogP) is 2.90. The van der Waals surface area contributed by atoms with Crippen LogP contribution in [-0.2, 0) is 4.84 Å². The zero-order chi connectivity index (χ0) is 9.03. The van der Waals surface area contributed by atoms with E-state index in [0.717, 1.165) is 31.4 Å². The molecule has 1 aliphatic rings. The van der Waals surface area contributed by atoms with Crippen molar-refractivity contribution < 1.29 is 4.84 Å². The fourth-order valence-electron chi connectivity index (χ4n) is 1.77. The smallest absolute Gasteiger partial charge is 0.146 e. The Labute approximate surface area is 74.3 Å². The van der Waals surface area contributed by atoms with Gasteiger partial charge in [-0.05, 0) is 13.3 Å². The van der Waals surface area contributed by atoms with Crippen LogP contribution in [0.4, 0.5) is 0 Å². The molecule has 0 amide bonds. The summed E-state index contributed by atoms with van der Waals surface area (Å²) in [6.07, 6.45) is 5.99. The Morgan fingerprint density at radius 2 is 2.50 bits per heavy atom. The minimum Gasteiger partial charge on any atom is -0.389 e. The largest absolute Gasteiger partial charge is 0.389 e. The van der Waals surface area contributed by atoms with E-state index in [1.54, 1.807) is 0 Å². The van der Waals surface area contributed by atoms with Gasteiger partial charge < -0.3 is 4.84 Å². The molecule has 0 aromatic carbocycles. The van der Waals surface area contributed by atoms with E-state index in [1.165, 1.54) is 0 Å². The molecule has 0 saturated carbocycles. The van der Waals surface area contributed by atoms with Gasteiger partial charge in [-0.15, -0.1) is 6.58 Å². The maximum absolute atomic E-state index is 5.45. The quantitative estimate of drug-likeness (QED) is 0.590. The first-order valence-electron chi connectivity index (χ1n) is 4.55. The maximum atomic E-state index is 5.45. The van der Waals surface area contributed by atoms with Crippen LogP contribution < -0.4 is 0 Å². The SMILES string of the molecule is C=CCC1(CCC)CC(C)=NO1. The summed E-state index contributed by atoms with van der Waals surface area (Å²) in [4.78, 5) is 5.45. The third kappa shape index (κ3) is 1.87. The van der Waals surface area contributed by atoms with E-state index in [9.17, 15) is 0 Å². The van der Waals surface area contributed by atoms with E-state index in [2.05, 4.69) is 18.7 Å². The van der Waals surface area contributed by atoms with Crippen LogP contribution in [0.2, 0.25) is 0 Å². The second-order valence-electron chi connectivity index (χ2n) is 3.52. The lowest BCUT2D eigenvalue weighted by Gasteiger charge is -2.24. The molecule has 0 spiro atoms. The Kier molecular flexibility index (Phi) is 2.90. The third-order valence-electron chi connectivity index (χ3n) is 2.20. The molecule has 0 saturated heterocycles. The summed E-state index contributed by atoms with van der Waals surface area (Å²) >= 11 is 0. The molecular weight excluding hydrogens is 150 g/mol. The van der Waals surface area contributed by atoms with E-state index in [1.807, 2.05) is 13.0 Å². The van der Waals surface area contributed by atoms with Gasteiger partial charge in [-0.1, -0.05) is 24.6 Å². The van der Waals surface area contributed by atoms with Crippen LogP contribution in [0.3, 0.4) is 0 Å². The second-order valence-corrected chi connectivity index (χ2v) is 3.52. The molecule has 0 bridgehead atoms. The van der Waals surface area contributed by atoms with Gasteiger partial charge in [0.2, 0.25) is 0 Å². The summed E-state index contributed by atoms with van der Waals surface area (Å²) in [6, 6.07) is 0. The van der Waals surface area contributed by atoms with Crippen molar-refractivity contribution >= 4 is 5.71 Å². The van der Waals surface area contributed by atoms with Gasteiger partial charge in [-0.3, -0.25) is 0 Å². The maximum Gasteiger partial charge on any atom is 0.146 e. The fraction of sp³-hybridized carbons (Fsp3) is 0.700. The first kappa shape index (κ1) is 9.30. The predicted molar refractivity (Wildman–Crippen MR) is 51.3 cm³/mol. The van der Waals surface area contributed by atoms with Crippen LogP contribution >= 0.6 is 0 Å². The third-order valence-corrected chi connectivity index (χ3v) is 2.20. The second kappa shape index (κ2) is 3.74. The molecule has 0 aromatic heterocycles. The Morgan fingerprint density at radius 1 is 1.75 bits per heavy atom. The van der Waals surface area contributed by atoms with E-state index >= 15 is 0 Å². The van der Waals surface area contributed by atoms with Crippen molar-refractivity contribution in [3.8, 4) is 0 Å². The molecule has 1 rings (SSSR count). The van der Waals surface area contributed by atoms with Crippen LogP contribution in [0.1, 0.15) is 39.5 Å². The molecule has 0 radical (unpaired) electrons. The molecule has 1 unspecified atom stereocenters. The minimum absolute atomic E-state index is 0.0550. The van der Waals surface area contributed by atoms with Crippen LogP contribution in [0.15, 0.2) is 17.8 Å². The van der Waals surface area contributed by atoms with Gasteiger partial charge in [0, 0.05) is 12.8 Å². The molecule has 0 aromatic rings. The van der Waals surface area contributed by atoms with E-state index in [-0.39, 0.29) is 5.60 Å². The van der Waals surface area contributed by atoms with Gasteiger partial charge in [0.15, 0.2) is 0 Å². The van der Waals surface area contributed by atoms with Crippen LogP contribution in [0.25, 0.3) is 0 Å². The molecule has 0 N–H and O–H groups in total. The first-order valence-corrected chi connectivity index (χ1v) is 4.55. The zero-order valence-electron chi connectivity index (χ0n) is 7.97. The van der Waals surface area contributed by atoms with E-state index in [0.29, 0.717) is 0 Å². The highest BCUT2D eigenvalue weighted by Gasteiger charge is 2.35. The molecule has 2 heteroatoms. The Morgan fingerprint density at radius 3 is 2.92 bits per heavy atom. The van der Waals surface area contributed by atoms with Crippen LogP contribution in [-0.4, -0.2) is 11.3 Å². The zero-order valence-corrected chi connectivity index (χ0v) is 7.97. The summed E-state index contributed by atoms with van der Waals surface area (Å²) in [5.41, 5.74) is 1.05. The van der Waals surface area contributed by atoms with Crippen molar-refractivity contribution in [1.82, 2.24) is 0 Å². The van der Waals surface area contributed by atoms with Gasteiger partial charge in [-0.2, -0.15) is 0 Å². The molecular formula is C10H17NO.